The molecule has 118 valence electrons. The molecule has 0 saturated carbocycles. The van der Waals surface area contributed by atoms with E-state index in [0.717, 1.165) is 4.47 Å². The molecule has 2 aromatic carbocycles. The van der Waals surface area contributed by atoms with Crippen molar-refractivity contribution >= 4 is 27.5 Å². The van der Waals surface area contributed by atoms with E-state index in [4.69, 9.17) is 10.00 Å². The van der Waals surface area contributed by atoms with Gasteiger partial charge in [-0.3, -0.25) is 4.79 Å². The van der Waals surface area contributed by atoms with E-state index >= 15 is 0 Å². The quantitative estimate of drug-likeness (QED) is 0.842. The van der Waals surface area contributed by atoms with Crippen LogP contribution in [0.1, 0.15) is 30.9 Å². The van der Waals surface area contributed by atoms with Gasteiger partial charge in [0.05, 0.1) is 16.1 Å². The summed E-state index contributed by atoms with van der Waals surface area (Å²) in [5.41, 5.74) is 2.27. The highest BCUT2D eigenvalue weighted by atomic mass is 79.9. The first-order valence-electron chi connectivity index (χ1n) is 7.22. The average molecular weight is 373 g/mol. The molecule has 0 fully saturated rings. The Morgan fingerprint density at radius 1 is 1.30 bits per heavy atom. The summed E-state index contributed by atoms with van der Waals surface area (Å²) < 4.78 is 6.36. The monoisotopic (exact) mass is 372 g/mol. The molecule has 1 amide bonds. The Labute approximate surface area is 144 Å². The van der Waals surface area contributed by atoms with Gasteiger partial charge in [0, 0.05) is 5.69 Å². The number of benzene rings is 2. The minimum absolute atomic E-state index is 0.101. The number of anilines is 1. The lowest BCUT2D eigenvalue weighted by atomic mass is 10.0. The van der Waals surface area contributed by atoms with E-state index in [1.54, 1.807) is 24.3 Å². The van der Waals surface area contributed by atoms with Gasteiger partial charge >= 0.3 is 0 Å². The molecule has 0 aliphatic carbocycles. The fourth-order valence-corrected chi connectivity index (χ4v) is 2.51. The first-order chi connectivity index (χ1) is 11.0. The number of ether oxygens (including phenoxy) is 1. The van der Waals surface area contributed by atoms with Crippen molar-refractivity contribution in [2.45, 2.75) is 19.8 Å². The smallest absolute Gasteiger partial charge is 0.262 e. The molecule has 0 atom stereocenters. The van der Waals surface area contributed by atoms with Crippen molar-refractivity contribution in [1.82, 2.24) is 0 Å². The van der Waals surface area contributed by atoms with Gasteiger partial charge in [-0.15, -0.1) is 0 Å². The number of rotatable bonds is 5. The van der Waals surface area contributed by atoms with E-state index in [1.165, 1.54) is 5.56 Å². The number of amides is 1. The van der Waals surface area contributed by atoms with Gasteiger partial charge in [-0.1, -0.05) is 26.0 Å². The first-order valence-corrected chi connectivity index (χ1v) is 8.01. The van der Waals surface area contributed by atoms with Gasteiger partial charge in [-0.05, 0) is 57.7 Å². The zero-order chi connectivity index (χ0) is 16.8. The van der Waals surface area contributed by atoms with Gasteiger partial charge in [0.2, 0.25) is 0 Å². The van der Waals surface area contributed by atoms with Crippen molar-refractivity contribution in [3.05, 3.63) is 58.1 Å². The molecule has 0 spiro atoms. The molecule has 0 heterocycles. The highest BCUT2D eigenvalue weighted by Gasteiger charge is 2.08. The number of carbonyl (C=O) groups excluding carboxylic acids is 1. The number of nitriles is 1. The number of nitrogens with zero attached hydrogens (tertiary/aromatic N) is 1. The van der Waals surface area contributed by atoms with Crippen LogP contribution in [0.15, 0.2) is 46.9 Å². The molecule has 0 radical (unpaired) electrons. The van der Waals surface area contributed by atoms with Crippen molar-refractivity contribution < 1.29 is 9.53 Å². The lowest BCUT2D eigenvalue weighted by Gasteiger charge is -2.11. The largest absolute Gasteiger partial charge is 0.483 e. The molecule has 2 rings (SSSR count). The van der Waals surface area contributed by atoms with Gasteiger partial charge in [0.25, 0.3) is 5.91 Å². The van der Waals surface area contributed by atoms with E-state index < -0.39 is 0 Å². The van der Waals surface area contributed by atoms with Crippen LogP contribution in [0.2, 0.25) is 0 Å². The summed E-state index contributed by atoms with van der Waals surface area (Å²) in [4.78, 5) is 11.9. The molecular formula is C18H17BrN2O2. The fourth-order valence-electron chi connectivity index (χ4n) is 2.00. The van der Waals surface area contributed by atoms with Gasteiger partial charge in [-0.2, -0.15) is 5.26 Å². The summed E-state index contributed by atoms with van der Waals surface area (Å²) in [5, 5.41) is 11.6. The Morgan fingerprint density at radius 2 is 2.09 bits per heavy atom. The maximum atomic E-state index is 11.9. The summed E-state index contributed by atoms with van der Waals surface area (Å²) in [6, 6.07) is 14.6. The zero-order valence-corrected chi connectivity index (χ0v) is 14.6. The third-order valence-electron chi connectivity index (χ3n) is 3.26. The second-order valence-corrected chi connectivity index (χ2v) is 6.23. The fraction of sp³-hybridized carbons (Fsp3) is 0.222. The van der Waals surface area contributed by atoms with Crippen molar-refractivity contribution in [2.75, 3.05) is 11.9 Å². The molecule has 0 aliphatic rings. The Bertz CT molecular complexity index is 751. The van der Waals surface area contributed by atoms with E-state index in [1.807, 2.05) is 24.3 Å². The van der Waals surface area contributed by atoms with Gasteiger partial charge < -0.3 is 10.1 Å². The third-order valence-corrected chi connectivity index (χ3v) is 3.88. The molecular weight excluding hydrogens is 356 g/mol. The number of carbonyl (C=O) groups is 1. The van der Waals surface area contributed by atoms with Crippen LogP contribution in [0.25, 0.3) is 0 Å². The summed E-state index contributed by atoms with van der Waals surface area (Å²) >= 11 is 3.46. The topological polar surface area (TPSA) is 62.1 Å². The molecule has 5 heteroatoms. The summed E-state index contributed by atoms with van der Waals surface area (Å²) in [6.45, 7) is 4.13. The van der Waals surface area contributed by atoms with Crippen LogP contribution >= 0.6 is 15.9 Å². The van der Waals surface area contributed by atoms with Crippen molar-refractivity contribution in [3.8, 4) is 11.8 Å². The Kier molecular flexibility index (Phi) is 5.78. The third kappa shape index (κ3) is 4.83. The van der Waals surface area contributed by atoms with Crippen LogP contribution in [0.5, 0.6) is 5.75 Å². The minimum Gasteiger partial charge on any atom is -0.483 e. The van der Waals surface area contributed by atoms with E-state index in [2.05, 4.69) is 35.1 Å². The second kappa shape index (κ2) is 7.80. The lowest BCUT2D eigenvalue weighted by Crippen LogP contribution is -2.20. The number of halogens is 1. The van der Waals surface area contributed by atoms with Crippen molar-refractivity contribution in [1.29, 1.82) is 5.26 Å². The average Bonchev–Trinajstić information content (AvgIpc) is 2.53. The van der Waals surface area contributed by atoms with Crippen LogP contribution in [0.4, 0.5) is 5.69 Å². The molecule has 1 N–H and O–H groups in total. The number of nitrogens with one attached hydrogen (secondary N) is 1. The molecule has 23 heavy (non-hydrogen) atoms. The standard InChI is InChI=1S/C18H17BrN2O2/c1-12(2)14-6-7-17(16(19)9-14)23-11-18(22)21-15-5-3-4-13(8-15)10-20/h3-9,12H,11H2,1-2H3,(H,21,22). The molecule has 0 unspecified atom stereocenters. The Balaban J connectivity index is 1.95. The summed E-state index contributed by atoms with van der Waals surface area (Å²) in [5.74, 6) is 0.770. The Morgan fingerprint density at radius 3 is 2.74 bits per heavy atom. The highest BCUT2D eigenvalue weighted by molar-refractivity contribution is 9.10. The minimum atomic E-state index is -0.278. The zero-order valence-electron chi connectivity index (χ0n) is 13.0. The van der Waals surface area contributed by atoms with Crippen LogP contribution < -0.4 is 10.1 Å². The predicted molar refractivity (Wildman–Crippen MR) is 93.5 cm³/mol. The van der Waals surface area contributed by atoms with Crippen molar-refractivity contribution in [2.24, 2.45) is 0 Å². The SMILES string of the molecule is CC(C)c1ccc(OCC(=O)Nc2cccc(C#N)c2)c(Br)c1. The number of hydrogen-bond donors (Lipinski definition) is 1. The Hall–Kier alpha value is -2.32. The normalized spacial score (nSPS) is 10.2. The second-order valence-electron chi connectivity index (χ2n) is 5.37. The predicted octanol–water partition coefficient (Wildman–Crippen LogP) is 4.46. The van der Waals surface area contributed by atoms with Crippen LogP contribution in [-0.4, -0.2) is 12.5 Å². The van der Waals surface area contributed by atoms with Gasteiger partial charge in [-0.25, -0.2) is 0 Å². The molecule has 0 aromatic heterocycles. The van der Waals surface area contributed by atoms with Crippen LogP contribution in [0.3, 0.4) is 0 Å². The first kappa shape index (κ1) is 17.0. The van der Waals surface area contributed by atoms with Gasteiger partial charge in [0.1, 0.15) is 5.75 Å². The number of hydrogen-bond acceptors (Lipinski definition) is 3. The maximum absolute atomic E-state index is 11.9. The molecule has 4 nitrogen and oxygen atoms in total. The maximum Gasteiger partial charge on any atom is 0.262 e. The van der Waals surface area contributed by atoms with Crippen LogP contribution in [-0.2, 0) is 4.79 Å². The molecule has 0 aliphatic heterocycles. The summed E-state index contributed by atoms with van der Waals surface area (Å²) in [7, 11) is 0. The van der Waals surface area contributed by atoms with E-state index in [-0.39, 0.29) is 12.5 Å². The van der Waals surface area contributed by atoms with E-state index in [0.29, 0.717) is 22.9 Å². The molecule has 2 aromatic rings. The lowest BCUT2D eigenvalue weighted by molar-refractivity contribution is -0.118. The summed E-state index contributed by atoms with van der Waals surface area (Å²) in [6.07, 6.45) is 0. The van der Waals surface area contributed by atoms with E-state index in [9.17, 15) is 4.79 Å². The van der Waals surface area contributed by atoms with Gasteiger partial charge in [0.15, 0.2) is 6.61 Å². The van der Waals surface area contributed by atoms with Crippen LogP contribution in [0, 0.1) is 11.3 Å². The molecule has 0 saturated heterocycles. The van der Waals surface area contributed by atoms with Crippen molar-refractivity contribution in [3.63, 3.8) is 0 Å². The highest BCUT2D eigenvalue weighted by Crippen LogP contribution is 2.28. The molecule has 0 bridgehead atoms.